The average Bonchev–Trinajstić information content (AvgIpc) is 3.39. The van der Waals surface area contributed by atoms with Crippen molar-refractivity contribution in [1.29, 1.82) is 0 Å². The second-order valence-corrected chi connectivity index (χ2v) is 6.85. The standard InChI is InChI=1S/C20H23N3O4/c1-10-5-6-13(18(24)22-14-7-8-14)9-15(10)23-19(25)17-11(2)16(12(3)21-17)20(26)27-4/h5-6,9,14,21H,7-8H2,1-4H3,(H,22,24)(H,23,25). The smallest absolute Gasteiger partial charge is 0.339 e. The molecule has 1 aliphatic rings. The molecule has 1 aromatic heterocycles. The predicted octanol–water partition coefficient (Wildman–Crippen LogP) is 2.87. The lowest BCUT2D eigenvalue weighted by Crippen LogP contribution is -2.25. The number of aromatic amines is 1. The summed E-state index contributed by atoms with van der Waals surface area (Å²) in [6.07, 6.45) is 2.02. The van der Waals surface area contributed by atoms with E-state index in [2.05, 4.69) is 15.6 Å². The van der Waals surface area contributed by atoms with Crippen LogP contribution in [0.4, 0.5) is 5.69 Å². The first-order chi connectivity index (χ1) is 12.8. The van der Waals surface area contributed by atoms with E-state index in [0.717, 1.165) is 18.4 Å². The highest BCUT2D eigenvalue weighted by molar-refractivity contribution is 6.07. The summed E-state index contributed by atoms with van der Waals surface area (Å²) in [5.41, 5.74) is 3.63. The molecule has 0 bridgehead atoms. The number of H-pyrrole nitrogens is 1. The van der Waals surface area contributed by atoms with Gasteiger partial charge in [0.05, 0.1) is 12.7 Å². The molecule has 3 rings (SSSR count). The van der Waals surface area contributed by atoms with E-state index in [4.69, 9.17) is 4.74 Å². The molecule has 2 aromatic rings. The fourth-order valence-electron chi connectivity index (χ4n) is 2.96. The van der Waals surface area contributed by atoms with Crippen LogP contribution in [0.5, 0.6) is 0 Å². The van der Waals surface area contributed by atoms with Gasteiger partial charge in [-0.2, -0.15) is 0 Å². The van der Waals surface area contributed by atoms with Gasteiger partial charge in [0.25, 0.3) is 11.8 Å². The molecule has 2 amide bonds. The van der Waals surface area contributed by atoms with Gasteiger partial charge in [-0.05, 0) is 56.9 Å². The van der Waals surface area contributed by atoms with Crippen LogP contribution in [0.1, 0.15) is 60.9 Å². The van der Waals surface area contributed by atoms with Crippen LogP contribution in [-0.2, 0) is 4.74 Å². The SMILES string of the molecule is COC(=O)c1c(C)[nH]c(C(=O)Nc2cc(C(=O)NC3CC3)ccc2C)c1C. The van der Waals surface area contributed by atoms with Gasteiger partial charge >= 0.3 is 5.97 Å². The monoisotopic (exact) mass is 369 g/mol. The van der Waals surface area contributed by atoms with Crippen LogP contribution in [0.15, 0.2) is 18.2 Å². The molecular formula is C20H23N3O4. The molecule has 7 nitrogen and oxygen atoms in total. The van der Waals surface area contributed by atoms with Crippen molar-refractivity contribution >= 4 is 23.5 Å². The molecule has 7 heteroatoms. The first-order valence-electron chi connectivity index (χ1n) is 8.82. The van der Waals surface area contributed by atoms with Crippen molar-refractivity contribution in [2.45, 2.75) is 39.7 Å². The average molecular weight is 369 g/mol. The largest absolute Gasteiger partial charge is 0.465 e. The van der Waals surface area contributed by atoms with Gasteiger partial charge in [0.2, 0.25) is 0 Å². The minimum Gasteiger partial charge on any atom is -0.465 e. The Labute approximate surface area is 157 Å². The summed E-state index contributed by atoms with van der Waals surface area (Å²) in [4.78, 5) is 39.8. The number of ether oxygens (including phenoxy) is 1. The van der Waals surface area contributed by atoms with Crippen LogP contribution in [0.25, 0.3) is 0 Å². The molecule has 0 radical (unpaired) electrons. The number of rotatable bonds is 5. The van der Waals surface area contributed by atoms with E-state index in [-0.39, 0.29) is 17.9 Å². The number of nitrogens with one attached hydrogen (secondary N) is 3. The summed E-state index contributed by atoms with van der Waals surface area (Å²) in [6.45, 7) is 5.26. The lowest BCUT2D eigenvalue weighted by Gasteiger charge is -2.11. The molecule has 27 heavy (non-hydrogen) atoms. The van der Waals surface area contributed by atoms with Crippen LogP contribution < -0.4 is 10.6 Å². The Kier molecular flexibility index (Phi) is 5.03. The molecular weight excluding hydrogens is 346 g/mol. The molecule has 0 unspecified atom stereocenters. The van der Waals surface area contributed by atoms with Crippen LogP contribution in [-0.4, -0.2) is 35.9 Å². The second-order valence-electron chi connectivity index (χ2n) is 6.85. The number of benzene rings is 1. The van der Waals surface area contributed by atoms with Crippen LogP contribution >= 0.6 is 0 Å². The van der Waals surface area contributed by atoms with Crippen LogP contribution in [0.2, 0.25) is 0 Å². The number of aromatic nitrogens is 1. The summed E-state index contributed by atoms with van der Waals surface area (Å²) < 4.78 is 4.77. The lowest BCUT2D eigenvalue weighted by molar-refractivity contribution is 0.0599. The molecule has 1 aliphatic carbocycles. The van der Waals surface area contributed by atoms with Crippen molar-refractivity contribution in [1.82, 2.24) is 10.3 Å². The van der Waals surface area contributed by atoms with Crippen molar-refractivity contribution in [2.75, 3.05) is 12.4 Å². The minimum absolute atomic E-state index is 0.145. The number of amides is 2. The van der Waals surface area contributed by atoms with Gasteiger partial charge in [0.15, 0.2) is 0 Å². The number of anilines is 1. The van der Waals surface area contributed by atoms with E-state index >= 15 is 0 Å². The Hall–Kier alpha value is -3.09. The third kappa shape index (κ3) is 3.86. The molecule has 1 saturated carbocycles. The molecule has 1 aromatic carbocycles. The predicted molar refractivity (Wildman–Crippen MR) is 101 cm³/mol. The topological polar surface area (TPSA) is 100 Å². The van der Waals surface area contributed by atoms with Gasteiger partial charge in [-0.3, -0.25) is 9.59 Å². The van der Waals surface area contributed by atoms with E-state index in [1.54, 1.807) is 32.0 Å². The van der Waals surface area contributed by atoms with Gasteiger partial charge in [0.1, 0.15) is 5.69 Å². The third-order valence-electron chi connectivity index (χ3n) is 4.71. The highest BCUT2D eigenvalue weighted by Crippen LogP contribution is 2.23. The lowest BCUT2D eigenvalue weighted by atomic mass is 10.1. The summed E-state index contributed by atoms with van der Waals surface area (Å²) in [7, 11) is 1.30. The van der Waals surface area contributed by atoms with Crippen molar-refractivity contribution in [3.05, 3.63) is 51.8 Å². The van der Waals surface area contributed by atoms with Gasteiger partial charge in [-0.1, -0.05) is 6.07 Å². The minimum atomic E-state index is -0.491. The zero-order valence-corrected chi connectivity index (χ0v) is 15.9. The Morgan fingerprint density at radius 3 is 2.44 bits per heavy atom. The maximum absolute atomic E-state index is 12.7. The number of esters is 1. The molecule has 142 valence electrons. The molecule has 3 N–H and O–H groups in total. The summed E-state index contributed by atoms with van der Waals surface area (Å²) in [5.74, 6) is -1.02. The van der Waals surface area contributed by atoms with Gasteiger partial charge in [0, 0.05) is 23.0 Å². The highest BCUT2D eigenvalue weighted by Gasteiger charge is 2.25. The van der Waals surface area contributed by atoms with E-state index in [1.165, 1.54) is 7.11 Å². The van der Waals surface area contributed by atoms with E-state index < -0.39 is 5.97 Å². The summed E-state index contributed by atoms with van der Waals surface area (Å²) >= 11 is 0. The van der Waals surface area contributed by atoms with Crippen molar-refractivity contribution < 1.29 is 19.1 Å². The fourth-order valence-corrected chi connectivity index (χ4v) is 2.96. The third-order valence-corrected chi connectivity index (χ3v) is 4.71. The molecule has 0 atom stereocenters. The number of carbonyl (C=O) groups is 3. The Balaban J connectivity index is 1.83. The normalized spacial score (nSPS) is 13.2. The second kappa shape index (κ2) is 7.26. The van der Waals surface area contributed by atoms with Gasteiger partial charge < -0.3 is 20.4 Å². The number of hydrogen-bond donors (Lipinski definition) is 3. The number of aryl methyl sites for hydroxylation is 2. The van der Waals surface area contributed by atoms with E-state index in [1.807, 2.05) is 6.92 Å². The number of carbonyl (C=O) groups excluding carboxylic acids is 3. The first kappa shape index (κ1) is 18.7. The summed E-state index contributed by atoms with van der Waals surface area (Å²) in [5, 5.41) is 5.76. The Morgan fingerprint density at radius 2 is 1.81 bits per heavy atom. The Bertz CT molecular complexity index is 926. The molecule has 0 spiro atoms. The highest BCUT2D eigenvalue weighted by atomic mass is 16.5. The molecule has 0 aliphatic heterocycles. The van der Waals surface area contributed by atoms with Crippen LogP contribution in [0, 0.1) is 20.8 Å². The quantitative estimate of drug-likeness (QED) is 0.706. The van der Waals surface area contributed by atoms with Gasteiger partial charge in [-0.15, -0.1) is 0 Å². The first-order valence-corrected chi connectivity index (χ1v) is 8.82. The fraction of sp³-hybridized carbons (Fsp3) is 0.350. The zero-order chi connectivity index (χ0) is 19.7. The maximum Gasteiger partial charge on any atom is 0.339 e. The molecule has 0 saturated heterocycles. The van der Waals surface area contributed by atoms with E-state index in [9.17, 15) is 14.4 Å². The Morgan fingerprint density at radius 1 is 1.11 bits per heavy atom. The zero-order valence-electron chi connectivity index (χ0n) is 15.9. The molecule has 1 fully saturated rings. The number of hydrogen-bond acceptors (Lipinski definition) is 4. The van der Waals surface area contributed by atoms with Gasteiger partial charge in [-0.25, -0.2) is 4.79 Å². The van der Waals surface area contributed by atoms with E-state index in [0.29, 0.717) is 33.8 Å². The maximum atomic E-state index is 12.7. The van der Waals surface area contributed by atoms with Crippen molar-refractivity contribution in [3.63, 3.8) is 0 Å². The summed E-state index contributed by atoms with van der Waals surface area (Å²) in [6, 6.07) is 5.46. The van der Waals surface area contributed by atoms with Crippen LogP contribution in [0.3, 0.4) is 0 Å². The molecule has 1 heterocycles. The van der Waals surface area contributed by atoms with Crippen molar-refractivity contribution in [3.8, 4) is 0 Å². The van der Waals surface area contributed by atoms with Crippen molar-refractivity contribution in [2.24, 2.45) is 0 Å². The number of methoxy groups -OCH3 is 1.